The van der Waals surface area contributed by atoms with E-state index in [9.17, 15) is 9.59 Å². The lowest BCUT2D eigenvalue weighted by Crippen LogP contribution is -2.39. The van der Waals surface area contributed by atoms with E-state index >= 15 is 0 Å². The number of carboxylic acid groups (broad SMARTS) is 1. The highest BCUT2D eigenvalue weighted by molar-refractivity contribution is 9.10. The molecule has 1 aromatic carbocycles. The predicted octanol–water partition coefficient (Wildman–Crippen LogP) is 3.60. The zero-order valence-electron chi connectivity index (χ0n) is 11.0. The van der Waals surface area contributed by atoms with Gasteiger partial charge in [-0.05, 0) is 47.0 Å². The van der Waals surface area contributed by atoms with Crippen LogP contribution in [0.1, 0.15) is 42.5 Å². The largest absolute Gasteiger partial charge is 0.478 e. The summed E-state index contributed by atoms with van der Waals surface area (Å²) in [5.41, 5.74) is 0.597. The van der Waals surface area contributed by atoms with Crippen molar-refractivity contribution < 1.29 is 14.7 Å². The van der Waals surface area contributed by atoms with Gasteiger partial charge in [0.1, 0.15) is 0 Å². The van der Waals surface area contributed by atoms with Gasteiger partial charge in [-0.1, -0.05) is 19.3 Å². The summed E-state index contributed by atoms with van der Waals surface area (Å²) in [6.45, 7) is 0. The van der Waals surface area contributed by atoms with Gasteiger partial charge >= 0.3 is 12.0 Å². The lowest BCUT2D eigenvalue weighted by atomic mass is 9.96. The minimum Gasteiger partial charge on any atom is -0.478 e. The number of rotatable bonds is 3. The summed E-state index contributed by atoms with van der Waals surface area (Å²) in [6.07, 6.45) is 5.54. The van der Waals surface area contributed by atoms with E-state index in [0.29, 0.717) is 10.2 Å². The van der Waals surface area contributed by atoms with Gasteiger partial charge < -0.3 is 15.7 Å². The van der Waals surface area contributed by atoms with Gasteiger partial charge in [-0.25, -0.2) is 9.59 Å². The highest BCUT2D eigenvalue weighted by Crippen LogP contribution is 2.21. The van der Waals surface area contributed by atoms with Crippen molar-refractivity contribution in [3.63, 3.8) is 0 Å². The molecule has 1 aliphatic rings. The quantitative estimate of drug-likeness (QED) is 0.786. The van der Waals surface area contributed by atoms with Gasteiger partial charge in [0, 0.05) is 16.2 Å². The number of carbonyl (C=O) groups excluding carboxylic acids is 1. The molecule has 0 atom stereocenters. The fourth-order valence-electron chi connectivity index (χ4n) is 2.37. The molecule has 0 saturated heterocycles. The molecule has 1 saturated carbocycles. The molecule has 3 N–H and O–H groups in total. The number of urea groups is 1. The maximum atomic E-state index is 11.9. The van der Waals surface area contributed by atoms with Crippen LogP contribution in [0, 0.1) is 0 Å². The molecule has 1 aromatic rings. The molecular formula is C14H17BrN2O3. The minimum absolute atomic E-state index is 0.125. The van der Waals surface area contributed by atoms with E-state index in [2.05, 4.69) is 26.6 Å². The Morgan fingerprint density at radius 2 is 1.90 bits per heavy atom. The third-order valence-electron chi connectivity index (χ3n) is 3.40. The molecule has 20 heavy (non-hydrogen) atoms. The second-order valence-electron chi connectivity index (χ2n) is 4.93. The number of carbonyl (C=O) groups is 2. The summed E-state index contributed by atoms with van der Waals surface area (Å²) in [6, 6.07) is 4.65. The molecule has 2 amide bonds. The molecule has 0 aromatic heterocycles. The van der Waals surface area contributed by atoms with E-state index in [4.69, 9.17) is 5.11 Å². The van der Waals surface area contributed by atoms with Crippen molar-refractivity contribution in [1.29, 1.82) is 0 Å². The second-order valence-corrected chi connectivity index (χ2v) is 5.79. The fraction of sp³-hybridized carbons (Fsp3) is 0.429. The Hall–Kier alpha value is -1.56. The van der Waals surface area contributed by atoms with Crippen molar-refractivity contribution in [3.05, 3.63) is 28.2 Å². The molecule has 6 heteroatoms. The Morgan fingerprint density at radius 1 is 1.20 bits per heavy atom. The zero-order valence-corrected chi connectivity index (χ0v) is 12.6. The van der Waals surface area contributed by atoms with Crippen molar-refractivity contribution in [3.8, 4) is 0 Å². The summed E-state index contributed by atoms with van der Waals surface area (Å²) in [7, 11) is 0. The van der Waals surface area contributed by atoms with Crippen LogP contribution in [-0.4, -0.2) is 23.1 Å². The summed E-state index contributed by atoms with van der Waals surface area (Å²) in [5.74, 6) is -1.03. The molecule has 5 nitrogen and oxygen atoms in total. The Morgan fingerprint density at radius 3 is 2.55 bits per heavy atom. The maximum Gasteiger partial charge on any atom is 0.336 e. The number of amides is 2. The molecule has 1 fully saturated rings. The molecule has 0 radical (unpaired) electrons. The smallest absolute Gasteiger partial charge is 0.336 e. The number of carboxylic acids is 1. The maximum absolute atomic E-state index is 11.9. The number of benzene rings is 1. The van der Waals surface area contributed by atoms with Crippen molar-refractivity contribution >= 4 is 33.6 Å². The summed E-state index contributed by atoms with van der Waals surface area (Å²) in [5, 5.41) is 14.6. The lowest BCUT2D eigenvalue weighted by Gasteiger charge is -2.22. The van der Waals surface area contributed by atoms with Gasteiger partial charge in [0.2, 0.25) is 0 Å². The van der Waals surface area contributed by atoms with Gasteiger partial charge in [0.05, 0.1) is 5.56 Å². The first-order chi connectivity index (χ1) is 9.56. The van der Waals surface area contributed by atoms with Crippen LogP contribution < -0.4 is 10.6 Å². The molecular weight excluding hydrogens is 324 g/mol. The fourth-order valence-corrected chi connectivity index (χ4v) is 2.78. The van der Waals surface area contributed by atoms with Crippen LogP contribution in [0.2, 0.25) is 0 Å². The van der Waals surface area contributed by atoms with Crippen LogP contribution >= 0.6 is 15.9 Å². The van der Waals surface area contributed by atoms with Crippen molar-refractivity contribution in [1.82, 2.24) is 5.32 Å². The molecule has 0 bridgehead atoms. The van der Waals surface area contributed by atoms with Crippen molar-refractivity contribution in [2.24, 2.45) is 0 Å². The predicted molar refractivity (Wildman–Crippen MR) is 80.1 cm³/mol. The minimum atomic E-state index is -1.03. The number of aromatic carboxylic acids is 1. The summed E-state index contributed by atoms with van der Waals surface area (Å²) >= 11 is 3.17. The average molecular weight is 341 g/mol. The number of nitrogens with one attached hydrogen (secondary N) is 2. The van der Waals surface area contributed by atoms with Gasteiger partial charge in [0.15, 0.2) is 0 Å². The monoisotopic (exact) mass is 340 g/mol. The van der Waals surface area contributed by atoms with Crippen molar-refractivity contribution in [2.75, 3.05) is 5.32 Å². The normalized spacial score (nSPS) is 15.7. The van der Waals surface area contributed by atoms with Gasteiger partial charge in [0.25, 0.3) is 0 Å². The Bertz CT molecular complexity index is 513. The first-order valence-electron chi connectivity index (χ1n) is 6.66. The molecule has 0 unspecified atom stereocenters. The van der Waals surface area contributed by atoms with Crippen molar-refractivity contribution in [2.45, 2.75) is 38.1 Å². The molecule has 108 valence electrons. The van der Waals surface area contributed by atoms with E-state index in [1.54, 1.807) is 12.1 Å². The van der Waals surface area contributed by atoms with Gasteiger partial charge in [-0.3, -0.25) is 0 Å². The summed E-state index contributed by atoms with van der Waals surface area (Å²) < 4.78 is 0.489. The zero-order chi connectivity index (χ0) is 14.5. The van der Waals surface area contributed by atoms with Crippen LogP contribution in [0.5, 0.6) is 0 Å². The van der Waals surface area contributed by atoms with E-state index in [1.807, 2.05) is 0 Å². The van der Waals surface area contributed by atoms with E-state index in [1.165, 1.54) is 12.5 Å². The number of halogens is 1. The highest BCUT2D eigenvalue weighted by Gasteiger charge is 2.16. The number of hydrogen-bond acceptors (Lipinski definition) is 2. The standard InChI is InChI=1S/C14H17BrN2O3/c15-12-7-6-10(8-11(12)13(18)19)17-14(20)16-9-4-2-1-3-5-9/h6-9H,1-5H2,(H,18,19)(H2,16,17,20). The SMILES string of the molecule is O=C(Nc1ccc(Br)c(C(=O)O)c1)NC1CCCCC1. The number of anilines is 1. The first kappa shape index (κ1) is 14.8. The van der Waals surface area contributed by atoms with Crippen LogP contribution in [0.15, 0.2) is 22.7 Å². The Labute approximate surface area is 125 Å². The summed E-state index contributed by atoms with van der Waals surface area (Å²) in [4.78, 5) is 22.9. The molecule has 0 heterocycles. The average Bonchev–Trinajstić information content (AvgIpc) is 2.41. The highest BCUT2D eigenvalue weighted by atomic mass is 79.9. The Balaban J connectivity index is 1.96. The molecule has 1 aliphatic carbocycles. The third kappa shape index (κ3) is 3.96. The van der Waals surface area contributed by atoms with E-state index < -0.39 is 5.97 Å². The third-order valence-corrected chi connectivity index (χ3v) is 4.09. The second kappa shape index (κ2) is 6.74. The van der Waals surface area contributed by atoms with E-state index in [-0.39, 0.29) is 17.6 Å². The van der Waals surface area contributed by atoms with E-state index in [0.717, 1.165) is 25.7 Å². The van der Waals surface area contributed by atoms with Crippen LogP contribution in [0.3, 0.4) is 0 Å². The van der Waals surface area contributed by atoms with Gasteiger partial charge in [-0.15, -0.1) is 0 Å². The van der Waals surface area contributed by atoms with Crippen LogP contribution in [-0.2, 0) is 0 Å². The van der Waals surface area contributed by atoms with Crippen LogP contribution in [0.25, 0.3) is 0 Å². The molecule has 2 rings (SSSR count). The molecule has 0 spiro atoms. The topological polar surface area (TPSA) is 78.4 Å². The number of hydrogen-bond donors (Lipinski definition) is 3. The lowest BCUT2D eigenvalue weighted by molar-refractivity contribution is 0.0696. The first-order valence-corrected chi connectivity index (χ1v) is 7.46. The van der Waals surface area contributed by atoms with Gasteiger partial charge in [-0.2, -0.15) is 0 Å². The van der Waals surface area contributed by atoms with Crippen LogP contribution in [0.4, 0.5) is 10.5 Å². The Kier molecular flexibility index (Phi) is 5.00. The molecule has 0 aliphatic heterocycles.